The van der Waals surface area contributed by atoms with E-state index >= 15 is 0 Å². The summed E-state index contributed by atoms with van der Waals surface area (Å²) in [5.74, 6) is -0.0167. The van der Waals surface area contributed by atoms with Crippen LogP contribution in [0.1, 0.15) is 27.2 Å². The third-order valence-electron chi connectivity index (χ3n) is 3.35. The van der Waals surface area contributed by atoms with E-state index in [1.807, 2.05) is 20.8 Å². The summed E-state index contributed by atoms with van der Waals surface area (Å²) in [5.41, 5.74) is 0. The quantitative estimate of drug-likeness (QED) is 0.841. The normalized spacial score (nSPS) is 20.1. The van der Waals surface area contributed by atoms with E-state index in [2.05, 4.69) is 9.82 Å². The predicted octanol–water partition coefficient (Wildman–Crippen LogP) is 0.191. The van der Waals surface area contributed by atoms with Crippen molar-refractivity contribution >= 4 is 15.9 Å². The summed E-state index contributed by atoms with van der Waals surface area (Å²) in [5, 5.41) is 3.95. The maximum Gasteiger partial charge on any atom is 0.244 e. The number of likely N-dealkylation sites (tertiary alicyclic amines) is 1. The number of carbonyl (C=O) groups excluding carboxylic acids is 1. The molecule has 2 rings (SSSR count). The SMILES string of the molecule is CCn1cc(S(=O)(=O)N[C@H]2CC(=O)N(C(C)C)C2)cn1. The van der Waals surface area contributed by atoms with Crippen molar-refractivity contribution in [2.45, 2.75) is 50.7 Å². The van der Waals surface area contributed by atoms with Crippen molar-refractivity contribution in [1.29, 1.82) is 0 Å². The number of aryl methyl sites for hydroxylation is 1. The molecule has 1 saturated heterocycles. The zero-order valence-electron chi connectivity index (χ0n) is 11.9. The molecule has 20 heavy (non-hydrogen) atoms. The van der Waals surface area contributed by atoms with Crippen LogP contribution >= 0.6 is 0 Å². The Bertz CT molecular complexity index is 594. The maximum atomic E-state index is 12.2. The van der Waals surface area contributed by atoms with Crippen molar-refractivity contribution in [3.05, 3.63) is 12.4 Å². The Balaban J connectivity index is 2.08. The lowest BCUT2D eigenvalue weighted by Gasteiger charge is -2.21. The van der Waals surface area contributed by atoms with Gasteiger partial charge >= 0.3 is 0 Å². The molecule has 0 radical (unpaired) electrons. The third kappa shape index (κ3) is 3.01. The number of sulfonamides is 1. The van der Waals surface area contributed by atoms with Gasteiger partial charge in [-0.25, -0.2) is 13.1 Å². The van der Waals surface area contributed by atoms with Gasteiger partial charge in [0, 0.05) is 37.8 Å². The topological polar surface area (TPSA) is 84.3 Å². The van der Waals surface area contributed by atoms with E-state index in [-0.39, 0.29) is 29.3 Å². The van der Waals surface area contributed by atoms with Crippen LogP contribution in [0.2, 0.25) is 0 Å². The Morgan fingerprint density at radius 1 is 1.50 bits per heavy atom. The van der Waals surface area contributed by atoms with Crippen LogP contribution in [0.3, 0.4) is 0 Å². The molecule has 0 aromatic carbocycles. The fourth-order valence-electron chi connectivity index (χ4n) is 2.25. The lowest BCUT2D eigenvalue weighted by molar-refractivity contribution is -0.129. The first-order valence-electron chi connectivity index (χ1n) is 6.67. The van der Waals surface area contributed by atoms with Gasteiger partial charge in [-0.1, -0.05) is 0 Å². The fourth-order valence-corrected chi connectivity index (χ4v) is 3.43. The van der Waals surface area contributed by atoms with Gasteiger partial charge in [0.15, 0.2) is 0 Å². The lowest BCUT2D eigenvalue weighted by Crippen LogP contribution is -2.38. The highest BCUT2D eigenvalue weighted by molar-refractivity contribution is 7.89. The zero-order chi connectivity index (χ0) is 14.9. The molecule has 0 unspecified atom stereocenters. The molecule has 1 atom stereocenters. The molecule has 1 aromatic rings. The Labute approximate surface area is 119 Å². The van der Waals surface area contributed by atoms with Crippen molar-refractivity contribution < 1.29 is 13.2 Å². The van der Waals surface area contributed by atoms with Gasteiger partial charge in [0.25, 0.3) is 0 Å². The van der Waals surface area contributed by atoms with E-state index < -0.39 is 10.0 Å². The van der Waals surface area contributed by atoms with Gasteiger partial charge < -0.3 is 4.90 Å². The van der Waals surface area contributed by atoms with E-state index in [4.69, 9.17) is 0 Å². The first kappa shape index (κ1) is 15.0. The van der Waals surface area contributed by atoms with Crippen molar-refractivity contribution in [1.82, 2.24) is 19.4 Å². The molecule has 1 amide bonds. The smallest absolute Gasteiger partial charge is 0.244 e. The van der Waals surface area contributed by atoms with Gasteiger partial charge in [0.05, 0.1) is 6.20 Å². The molecule has 2 heterocycles. The van der Waals surface area contributed by atoms with Gasteiger partial charge in [-0.2, -0.15) is 5.10 Å². The van der Waals surface area contributed by atoms with Crippen LogP contribution < -0.4 is 4.72 Å². The summed E-state index contributed by atoms with van der Waals surface area (Å²) in [4.78, 5) is 13.6. The average Bonchev–Trinajstić information content (AvgIpc) is 2.95. The summed E-state index contributed by atoms with van der Waals surface area (Å²) in [7, 11) is -3.62. The number of carbonyl (C=O) groups is 1. The standard InChI is InChI=1S/C12H20N4O3S/c1-4-15-8-11(6-13-15)20(18,19)14-10-5-12(17)16(7-10)9(2)3/h6,8-10,14H,4-5,7H2,1-3H3/t10-/m0/s1. The first-order valence-corrected chi connectivity index (χ1v) is 8.16. The molecular weight excluding hydrogens is 280 g/mol. The van der Waals surface area contributed by atoms with Gasteiger partial charge in [0.1, 0.15) is 4.90 Å². The van der Waals surface area contributed by atoms with Crippen LogP contribution in [0.15, 0.2) is 17.3 Å². The van der Waals surface area contributed by atoms with Crippen molar-refractivity contribution in [2.24, 2.45) is 0 Å². The molecule has 1 N–H and O–H groups in total. The van der Waals surface area contributed by atoms with Crippen molar-refractivity contribution in [3.8, 4) is 0 Å². The first-order chi connectivity index (χ1) is 9.33. The minimum Gasteiger partial charge on any atom is -0.339 e. The maximum absolute atomic E-state index is 12.2. The van der Waals surface area contributed by atoms with Crippen LogP contribution in [0.5, 0.6) is 0 Å². The Morgan fingerprint density at radius 2 is 2.20 bits per heavy atom. The molecule has 0 saturated carbocycles. The number of nitrogens with one attached hydrogen (secondary N) is 1. The fraction of sp³-hybridized carbons (Fsp3) is 0.667. The monoisotopic (exact) mass is 300 g/mol. The van der Waals surface area contributed by atoms with Crippen molar-refractivity contribution in [3.63, 3.8) is 0 Å². The average molecular weight is 300 g/mol. The van der Waals surface area contributed by atoms with E-state index in [0.29, 0.717) is 13.1 Å². The predicted molar refractivity (Wildman–Crippen MR) is 73.5 cm³/mol. The molecule has 1 aromatic heterocycles. The lowest BCUT2D eigenvalue weighted by atomic mass is 10.3. The Morgan fingerprint density at radius 3 is 2.70 bits per heavy atom. The highest BCUT2D eigenvalue weighted by Crippen LogP contribution is 2.17. The molecule has 0 bridgehead atoms. The largest absolute Gasteiger partial charge is 0.339 e. The van der Waals surface area contributed by atoms with Crippen LogP contribution in [-0.4, -0.2) is 47.6 Å². The number of amides is 1. The van der Waals surface area contributed by atoms with E-state index in [0.717, 1.165) is 0 Å². The minimum atomic E-state index is -3.62. The second kappa shape index (κ2) is 5.53. The molecule has 8 heteroatoms. The number of hydrogen-bond donors (Lipinski definition) is 1. The van der Waals surface area contributed by atoms with Gasteiger partial charge in [-0.15, -0.1) is 0 Å². The molecular formula is C12H20N4O3S. The minimum absolute atomic E-state index is 0.0167. The number of rotatable bonds is 5. The highest BCUT2D eigenvalue weighted by atomic mass is 32.2. The van der Waals surface area contributed by atoms with Gasteiger partial charge in [0.2, 0.25) is 15.9 Å². The van der Waals surface area contributed by atoms with E-state index in [9.17, 15) is 13.2 Å². The number of aromatic nitrogens is 2. The molecule has 112 valence electrons. The summed E-state index contributed by atoms with van der Waals surface area (Å²) in [6, 6.07) is -0.292. The summed E-state index contributed by atoms with van der Waals surface area (Å²) in [6.45, 7) is 6.74. The molecule has 0 aliphatic carbocycles. The van der Waals surface area contributed by atoms with Crippen LogP contribution in [0.25, 0.3) is 0 Å². The van der Waals surface area contributed by atoms with Crippen molar-refractivity contribution in [2.75, 3.05) is 6.54 Å². The second-order valence-electron chi connectivity index (χ2n) is 5.19. The summed E-state index contributed by atoms with van der Waals surface area (Å²) < 4.78 is 28.5. The molecule has 1 aliphatic heterocycles. The zero-order valence-corrected chi connectivity index (χ0v) is 12.7. The highest BCUT2D eigenvalue weighted by Gasteiger charge is 2.34. The Kier molecular flexibility index (Phi) is 4.14. The Hall–Kier alpha value is -1.41. The van der Waals surface area contributed by atoms with Crippen LogP contribution in [-0.2, 0) is 21.4 Å². The van der Waals surface area contributed by atoms with E-state index in [1.54, 1.807) is 9.58 Å². The third-order valence-corrected chi connectivity index (χ3v) is 4.82. The van der Waals surface area contributed by atoms with Crippen LogP contribution in [0, 0.1) is 0 Å². The van der Waals surface area contributed by atoms with Crippen LogP contribution in [0.4, 0.5) is 0 Å². The molecule has 0 spiro atoms. The number of nitrogens with zero attached hydrogens (tertiary/aromatic N) is 3. The summed E-state index contributed by atoms with van der Waals surface area (Å²) >= 11 is 0. The second-order valence-corrected chi connectivity index (χ2v) is 6.91. The molecule has 1 aliphatic rings. The van der Waals surface area contributed by atoms with E-state index in [1.165, 1.54) is 12.4 Å². The number of hydrogen-bond acceptors (Lipinski definition) is 4. The molecule has 7 nitrogen and oxygen atoms in total. The molecule has 1 fully saturated rings. The van der Waals surface area contributed by atoms with Gasteiger partial charge in [-0.05, 0) is 20.8 Å². The van der Waals surface area contributed by atoms with Gasteiger partial charge in [-0.3, -0.25) is 9.48 Å². The summed E-state index contributed by atoms with van der Waals surface area (Å²) in [6.07, 6.45) is 3.02.